The first-order chi connectivity index (χ1) is 9.52. The Morgan fingerprint density at radius 3 is 2.75 bits per heavy atom. The molecule has 0 spiro atoms. The molecule has 0 aromatic heterocycles. The van der Waals surface area contributed by atoms with E-state index in [2.05, 4.69) is 5.32 Å². The summed E-state index contributed by atoms with van der Waals surface area (Å²) in [6.07, 6.45) is 0. The van der Waals surface area contributed by atoms with Crippen LogP contribution in [0.4, 0.5) is 15.8 Å². The first-order valence-electron chi connectivity index (χ1n) is 5.72. The fourth-order valence-corrected chi connectivity index (χ4v) is 1.91. The van der Waals surface area contributed by atoms with E-state index in [-0.39, 0.29) is 10.6 Å². The molecule has 4 nitrogen and oxygen atoms in total. The monoisotopic (exact) mass is 294 g/mol. The van der Waals surface area contributed by atoms with E-state index in [0.717, 1.165) is 0 Å². The number of benzene rings is 2. The van der Waals surface area contributed by atoms with E-state index in [4.69, 9.17) is 22.1 Å². The Labute approximate surface area is 120 Å². The van der Waals surface area contributed by atoms with Gasteiger partial charge in [-0.25, -0.2) is 4.39 Å². The number of hydrogen-bond acceptors (Lipinski definition) is 3. The molecule has 0 bridgehead atoms. The number of methoxy groups -OCH3 is 1. The molecule has 0 atom stereocenters. The van der Waals surface area contributed by atoms with Crippen LogP contribution in [0.15, 0.2) is 36.4 Å². The Morgan fingerprint density at radius 2 is 2.10 bits per heavy atom. The minimum absolute atomic E-state index is 0.0673. The number of carbonyl (C=O) groups is 1. The number of anilines is 2. The van der Waals surface area contributed by atoms with Gasteiger partial charge in [-0.15, -0.1) is 0 Å². The predicted molar refractivity (Wildman–Crippen MR) is 76.8 cm³/mol. The summed E-state index contributed by atoms with van der Waals surface area (Å²) in [5.41, 5.74) is 6.76. The molecule has 0 saturated heterocycles. The number of para-hydroxylation sites is 1. The van der Waals surface area contributed by atoms with Crippen LogP contribution >= 0.6 is 11.6 Å². The van der Waals surface area contributed by atoms with Crippen molar-refractivity contribution in [3.8, 4) is 5.75 Å². The van der Waals surface area contributed by atoms with E-state index in [1.165, 1.54) is 25.3 Å². The normalized spacial score (nSPS) is 10.2. The van der Waals surface area contributed by atoms with Gasteiger partial charge < -0.3 is 15.8 Å². The van der Waals surface area contributed by atoms with Gasteiger partial charge >= 0.3 is 0 Å². The second kappa shape index (κ2) is 5.79. The van der Waals surface area contributed by atoms with Gasteiger partial charge in [0, 0.05) is 5.69 Å². The van der Waals surface area contributed by atoms with Crippen molar-refractivity contribution >= 4 is 28.9 Å². The van der Waals surface area contributed by atoms with Crippen molar-refractivity contribution < 1.29 is 13.9 Å². The molecule has 0 radical (unpaired) electrons. The van der Waals surface area contributed by atoms with Crippen molar-refractivity contribution in [3.63, 3.8) is 0 Å². The zero-order valence-corrected chi connectivity index (χ0v) is 11.4. The van der Waals surface area contributed by atoms with Gasteiger partial charge in [0.05, 0.1) is 23.4 Å². The number of nitrogens with one attached hydrogen (secondary N) is 1. The molecule has 2 rings (SSSR count). The quantitative estimate of drug-likeness (QED) is 0.854. The summed E-state index contributed by atoms with van der Waals surface area (Å²) >= 11 is 5.66. The molecule has 2 aromatic carbocycles. The average Bonchev–Trinajstić information content (AvgIpc) is 2.42. The topological polar surface area (TPSA) is 64.3 Å². The van der Waals surface area contributed by atoms with Crippen molar-refractivity contribution in [1.82, 2.24) is 0 Å². The summed E-state index contributed by atoms with van der Waals surface area (Å²) in [6, 6.07) is 8.77. The van der Waals surface area contributed by atoms with Gasteiger partial charge in [0.2, 0.25) is 0 Å². The molecule has 3 N–H and O–H groups in total. The Hall–Kier alpha value is -2.27. The second-order valence-corrected chi connectivity index (χ2v) is 4.42. The van der Waals surface area contributed by atoms with E-state index in [1.54, 1.807) is 18.2 Å². The third-order valence-corrected chi connectivity index (χ3v) is 2.96. The number of amides is 1. The van der Waals surface area contributed by atoms with Gasteiger partial charge in [-0.3, -0.25) is 4.79 Å². The van der Waals surface area contributed by atoms with Gasteiger partial charge in [0.25, 0.3) is 5.91 Å². The summed E-state index contributed by atoms with van der Waals surface area (Å²) in [5.74, 6) is -0.679. The summed E-state index contributed by atoms with van der Waals surface area (Å²) < 4.78 is 18.2. The van der Waals surface area contributed by atoms with E-state index in [9.17, 15) is 9.18 Å². The minimum atomic E-state index is -0.550. The van der Waals surface area contributed by atoms with Crippen LogP contribution in [0.2, 0.25) is 5.02 Å². The molecule has 0 fully saturated rings. The van der Waals surface area contributed by atoms with Crippen molar-refractivity contribution in [2.24, 2.45) is 0 Å². The largest absolute Gasteiger partial charge is 0.494 e. The molecular weight excluding hydrogens is 283 g/mol. The highest BCUT2D eigenvalue weighted by atomic mass is 35.5. The molecule has 20 heavy (non-hydrogen) atoms. The van der Waals surface area contributed by atoms with Crippen LogP contribution < -0.4 is 15.8 Å². The van der Waals surface area contributed by atoms with Gasteiger partial charge in [-0.05, 0) is 30.3 Å². The maximum Gasteiger partial charge on any atom is 0.259 e. The molecule has 6 heteroatoms. The fourth-order valence-electron chi connectivity index (χ4n) is 1.73. The van der Waals surface area contributed by atoms with Crippen LogP contribution in [-0.2, 0) is 0 Å². The van der Waals surface area contributed by atoms with Gasteiger partial charge in [-0.2, -0.15) is 0 Å². The first-order valence-corrected chi connectivity index (χ1v) is 6.09. The number of rotatable bonds is 3. The van der Waals surface area contributed by atoms with Crippen LogP contribution in [0.3, 0.4) is 0 Å². The predicted octanol–water partition coefficient (Wildman–Crippen LogP) is 3.32. The number of nitrogen functional groups attached to an aromatic ring is 1. The zero-order valence-electron chi connectivity index (χ0n) is 10.6. The molecule has 0 aliphatic carbocycles. The highest BCUT2D eigenvalue weighted by Gasteiger charge is 2.15. The van der Waals surface area contributed by atoms with E-state index < -0.39 is 11.7 Å². The van der Waals surface area contributed by atoms with Crippen molar-refractivity contribution in [2.45, 2.75) is 0 Å². The Morgan fingerprint density at radius 1 is 1.35 bits per heavy atom. The fraction of sp³-hybridized carbons (Fsp3) is 0.0714. The molecular formula is C14H12ClFN2O2. The van der Waals surface area contributed by atoms with Crippen LogP contribution in [0.1, 0.15) is 10.4 Å². The smallest absolute Gasteiger partial charge is 0.259 e. The second-order valence-electron chi connectivity index (χ2n) is 4.01. The maximum absolute atomic E-state index is 13.0. The van der Waals surface area contributed by atoms with Gasteiger partial charge in [0.15, 0.2) is 5.75 Å². The molecule has 2 aromatic rings. The molecule has 1 amide bonds. The molecule has 0 heterocycles. The zero-order chi connectivity index (χ0) is 14.7. The lowest BCUT2D eigenvalue weighted by Gasteiger charge is -2.11. The first kappa shape index (κ1) is 14.1. The van der Waals surface area contributed by atoms with Crippen LogP contribution in [0.25, 0.3) is 0 Å². The highest BCUT2D eigenvalue weighted by molar-refractivity contribution is 6.31. The third kappa shape index (κ3) is 2.83. The van der Waals surface area contributed by atoms with E-state index >= 15 is 0 Å². The number of carbonyl (C=O) groups excluding carboxylic acids is 1. The lowest BCUT2D eigenvalue weighted by Crippen LogP contribution is -2.14. The lowest BCUT2D eigenvalue weighted by molar-refractivity contribution is 0.102. The standard InChI is InChI=1S/C14H12ClFN2O2/c1-20-13-9(3-2-4-12(13)17)14(19)18-8-5-6-11(16)10(15)7-8/h2-7H,17H2,1H3,(H,18,19). The lowest BCUT2D eigenvalue weighted by atomic mass is 10.1. The number of nitrogens with two attached hydrogens (primary N) is 1. The molecule has 0 unspecified atom stereocenters. The Balaban J connectivity index is 2.28. The Bertz CT molecular complexity index is 662. The van der Waals surface area contributed by atoms with Crippen molar-refractivity contribution in [2.75, 3.05) is 18.2 Å². The van der Waals surface area contributed by atoms with E-state index in [0.29, 0.717) is 17.1 Å². The van der Waals surface area contributed by atoms with Crippen molar-refractivity contribution in [3.05, 3.63) is 52.8 Å². The van der Waals surface area contributed by atoms with Gasteiger partial charge in [-0.1, -0.05) is 17.7 Å². The number of halogens is 2. The summed E-state index contributed by atoms with van der Waals surface area (Å²) in [5, 5.41) is 2.54. The molecule has 104 valence electrons. The van der Waals surface area contributed by atoms with Gasteiger partial charge in [0.1, 0.15) is 5.82 Å². The summed E-state index contributed by atoms with van der Waals surface area (Å²) in [6.45, 7) is 0. The maximum atomic E-state index is 13.0. The SMILES string of the molecule is COc1c(N)cccc1C(=O)Nc1ccc(F)c(Cl)c1. The van der Waals surface area contributed by atoms with Crippen LogP contribution in [0, 0.1) is 5.82 Å². The molecule has 0 aliphatic rings. The Kier molecular flexibility index (Phi) is 4.10. The third-order valence-electron chi connectivity index (χ3n) is 2.67. The van der Waals surface area contributed by atoms with Crippen LogP contribution in [-0.4, -0.2) is 13.0 Å². The number of ether oxygens (including phenoxy) is 1. The van der Waals surface area contributed by atoms with Crippen LogP contribution in [0.5, 0.6) is 5.75 Å². The summed E-state index contributed by atoms with van der Waals surface area (Å²) in [4.78, 5) is 12.2. The number of hydrogen-bond donors (Lipinski definition) is 2. The molecule has 0 saturated carbocycles. The van der Waals surface area contributed by atoms with Crippen molar-refractivity contribution in [1.29, 1.82) is 0 Å². The summed E-state index contributed by atoms with van der Waals surface area (Å²) in [7, 11) is 1.43. The average molecular weight is 295 g/mol. The minimum Gasteiger partial charge on any atom is -0.494 e. The molecule has 0 aliphatic heterocycles. The highest BCUT2D eigenvalue weighted by Crippen LogP contribution is 2.27. The van der Waals surface area contributed by atoms with E-state index in [1.807, 2.05) is 0 Å².